The van der Waals surface area contributed by atoms with E-state index in [1.807, 2.05) is 54.6 Å². The minimum absolute atomic E-state index is 0.652. The number of benzene rings is 2. The molecule has 0 radical (unpaired) electrons. The summed E-state index contributed by atoms with van der Waals surface area (Å²) in [7, 11) is 0. The first-order valence-corrected chi connectivity index (χ1v) is 9.31. The van der Waals surface area contributed by atoms with E-state index in [9.17, 15) is 0 Å². The third-order valence-corrected chi connectivity index (χ3v) is 4.61. The highest BCUT2D eigenvalue weighted by molar-refractivity contribution is 5.64. The molecule has 0 spiro atoms. The minimum Gasteiger partial charge on any atom is -0.455 e. The van der Waals surface area contributed by atoms with Crippen molar-refractivity contribution in [1.82, 2.24) is 15.2 Å². The Balaban J connectivity index is 1.53. The maximum atomic E-state index is 6.01. The van der Waals surface area contributed by atoms with E-state index in [4.69, 9.17) is 4.74 Å². The van der Waals surface area contributed by atoms with Crippen molar-refractivity contribution in [2.45, 2.75) is 19.8 Å². The SMILES string of the molecule is CC1CCCN(c2nncc(Nc3ccccc3Oc3ccccc3)n2)C1. The molecule has 138 valence electrons. The molecular formula is C21H23N5O. The van der Waals surface area contributed by atoms with Gasteiger partial charge in [0.25, 0.3) is 0 Å². The third kappa shape index (κ3) is 4.34. The van der Waals surface area contributed by atoms with E-state index in [1.165, 1.54) is 6.42 Å². The second kappa shape index (κ2) is 8.03. The van der Waals surface area contributed by atoms with Crippen LogP contribution in [0.2, 0.25) is 0 Å². The van der Waals surface area contributed by atoms with Gasteiger partial charge in [0, 0.05) is 13.1 Å². The second-order valence-electron chi connectivity index (χ2n) is 6.87. The van der Waals surface area contributed by atoms with E-state index in [0.29, 0.717) is 17.7 Å². The number of hydrogen-bond donors (Lipinski definition) is 1. The minimum atomic E-state index is 0.652. The lowest BCUT2D eigenvalue weighted by atomic mass is 10.0. The van der Waals surface area contributed by atoms with Gasteiger partial charge >= 0.3 is 0 Å². The van der Waals surface area contributed by atoms with Crippen molar-refractivity contribution in [2.24, 2.45) is 5.92 Å². The lowest BCUT2D eigenvalue weighted by Crippen LogP contribution is -2.35. The summed E-state index contributed by atoms with van der Waals surface area (Å²) in [5, 5.41) is 11.7. The van der Waals surface area contributed by atoms with Crippen LogP contribution in [0.15, 0.2) is 60.8 Å². The molecule has 6 nitrogen and oxygen atoms in total. The van der Waals surface area contributed by atoms with Gasteiger partial charge < -0.3 is 15.0 Å². The molecule has 1 aliphatic rings. The molecule has 0 amide bonds. The fourth-order valence-corrected chi connectivity index (χ4v) is 3.27. The molecule has 0 aliphatic carbocycles. The van der Waals surface area contributed by atoms with Crippen LogP contribution < -0.4 is 15.0 Å². The summed E-state index contributed by atoms with van der Waals surface area (Å²) in [5.74, 6) is 3.50. The highest BCUT2D eigenvalue weighted by Gasteiger charge is 2.19. The number of nitrogens with zero attached hydrogens (tertiary/aromatic N) is 4. The number of para-hydroxylation sites is 3. The van der Waals surface area contributed by atoms with Gasteiger partial charge in [0.1, 0.15) is 5.75 Å². The van der Waals surface area contributed by atoms with E-state index < -0.39 is 0 Å². The Kier molecular flexibility index (Phi) is 5.14. The average Bonchev–Trinajstić information content (AvgIpc) is 2.71. The maximum absolute atomic E-state index is 6.01. The average molecular weight is 361 g/mol. The summed E-state index contributed by atoms with van der Waals surface area (Å²) >= 11 is 0. The standard InChI is InChI=1S/C21H23N5O/c1-16-8-7-13-26(15-16)21-24-20(14-22-25-21)23-18-11-5-6-12-19(18)27-17-9-3-2-4-10-17/h2-6,9-12,14,16H,7-8,13,15H2,1H3,(H,23,24,25). The number of ether oxygens (including phenoxy) is 1. The largest absolute Gasteiger partial charge is 0.455 e. The Hall–Kier alpha value is -3.15. The molecule has 27 heavy (non-hydrogen) atoms. The molecule has 1 N–H and O–H groups in total. The molecule has 6 heteroatoms. The Morgan fingerprint density at radius 2 is 1.89 bits per heavy atom. The van der Waals surface area contributed by atoms with Gasteiger partial charge in [0.15, 0.2) is 11.6 Å². The summed E-state index contributed by atoms with van der Waals surface area (Å²) in [6.07, 6.45) is 4.05. The molecule has 0 bridgehead atoms. The van der Waals surface area contributed by atoms with Crippen LogP contribution in [0.3, 0.4) is 0 Å². The highest BCUT2D eigenvalue weighted by atomic mass is 16.5. The highest BCUT2D eigenvalue weighted by Crippen LogP contribution is 2.31. The van der Waals surface area contributed by atoms with Gasteiger partial charge in [-0.15, -0.1) is 5.10 Å². The number of piperidine rings is 1. The quantitative estimate of drug-likeness (QED) is 0.714. The van der Waals surface area contributed by atoms with Crippen molar-refractivity contribution in [1.29, 1.82) is 0 Å². The number of hydrogen-bond acceptors (Lipinski definition) is 6. The lowest BCUT2D eigenvalue weighted by molar-refractivity contribution is 0.441. The zero-order valence-corrected chi connectivity index (χ0v) is 15.4. The third-order valence-electron chi connectivity index (χ3n) is 4.61. The number of rotatable bonds is 5. The first-order valence-electron chi connectivity index (χ1n) is 9.31. The lowest BCUT2D eigenvalue weighted by Gasteiger charge is -2.30. The second-order valence-corrected chi connectivity index (χ2v) is 6.87. The Labute approximate surface area is 159 Å². The molecule has 1 fully saturated rings. The fraction of sp³-hybridized carbons (Fsp3) is 0.286. The first-order chi connectivity index (χ1) is 13.3. The Morgan fingerprint density at radius 3 is 2.74 bits per heavy atom. The van der Waals surface area contributed by atoms with Crippen molar-refractivity contribution >= 4 is 17.5 Å². The van der Waals surface area contributed by atoms with Crippen molar-refractivity contribution < 1.29 is 4.74 Å². The molecule has 1 saturated heterocycles. The molecule has 3 aromatic rings. The van der Waals surface area contributed by atoms with Crippen LogP contribution in [0.5, 0.6) is 11.5 Å². The molecule has 2 heterocycles. The molecule has 0 saturated carbocycles. The summed E-state index contributed by atoms with van der Waals surface area (Å²) in [6.45, 7) is 4.21. The predicted molar refractivity (Wildman–Crippen MR) is 107 cm³/mol. The van der Waals surface area contributed by atoms with E-state index in [0.717, 1.165) is 36.7 Å². The van der Waals surface area contributed by atoms with Crippen LogP contribution in [0, 0.1) is 5.92 Å². The molecule has 1 aromatic heterocycles. The van der Waals surface area contributed by atoms with Gasteiger partial charge in [-0.3, -0.25) is 0 Å². The fourth-order valence-electron chi connectivity index (χ4n) is 3.27. The Morgan fingerprint density at radius 1 is 1.07 bits per heavy atom. The van der Waals surface area contributed by atoms with Crippen LogP contribution in [0.1, 0.15) is 19.8 Å². The van der Waals surface area contributed by atoms with Gasteiger partial charge in [-0.2, -0.15) is 10.1 Å². The van der Waals surface area contributed by atoms with Crippen molar-refractivity contribution in [3.8, 4) is 11.5 Å². The molecule has 1 aliphatic heterocycles. The van der Waals surface area contributed by atoms with Crippen molar-refractivity contribution in [3.63, 3.8) is 0 Å². The zero-order chi connectivity index (χ0) is 18.5. The molecule has 1 atom stereocenters. The van der Waals surface area contributed by atoms with Gasteiger partial charge in [-0.05, 0) is 43.0 Å². The monoisotopic (exact) mass is 361 g/mol. The summed E-state index contributed by atoms with van der Waals surface area (Å²) in [4.78, 5) is 6.87. The van der Waals surface area contributed by atoms with E-state index in [1.54, 1.807) is 6.20 Å². The van der Waals surface area contributed by atoms with E-state index in [-0.39, 0.29) is 0 Å². The van der Waals surface area contributed by atoms with Crippen LogP contribution >= 0.6 is 0 Å². The van der Waals surface area contributed by atoms with Gasteiger partial charge in [0.2, 0.25) is 5.95 Å². The predicted octanol–water partition coefficient (Wildman–Crippen LogP) is 4.64. The Bertz CT molecular complexity index is 887. The normalized spacial score (nSPS) is 16.8. The number of aromatic nitrogens is 3. The number of nitrogens with one attached hydrogen (secondary N) is 1. The summed E-state index contributed by atoms with van der Waals surface area (Å²) < 4.78 is 6.01. The van der Waals surface area contributed by atoms with Gasteiger partial charge in [-0.25, -0.2) is 0 Å². The van der Waals surface area contributed by atoms with Crippen LogP contribution in [-0.2, 0) is 0 Å². The van der Waals surface area contributed by atoms with Crippen molar-refractivity contribution in [2.75, 3.05) is 23.3 Å². The number of anilines is 3. The van der Waals surface area contributed by atoms with Crippen LogP contribution in [0.25, 0.3) is 0 Å². The maximum Gasteiger partial charge on any atom is 0.247 e. The molecule has 1 unspecified atom stereocenters. The van der Waals surface area contributed by atoms with E-state index >= 15 is 0 Å². The van der Waals surface area contributed by atoms with Gasteiger partial charge in [0.05, 0.1) is 11.9 Å². The van der Waals surface area contributed by atoms with Gasteiger partial charge in [-0.1, -0.05) is 37.3 Å². The molecular weight excluding hydrogens is 338 g/mol. The van der Waals surface area contributed by atoms with Crippen LogP contribution in [-0.4, -0.2) is 28.3 Å². The smallest absolute Gasteiger partial charge is 0.247 e. The summed E-state index contributed by atoms with van der Waals surface area (Å²) in [6, 6.07) is 17.5. The van der Waals surface area contributed by atoms with Crippen molar-refractivity contribution in [3.05, 3.63) is 60.8 Å². The van der Waals surface area contributed by atoms with Crippen LogP contribution in [0.4, 0.5) is 17.5 Å². The summed E-state index contributed by atoms with van der Waals surface area (Å²) in [5.41, 5.74) is 0.833. The first kappa shape index (κ1) is 17.3. The van der Waals surface area contributed by atoms with E-state index in [2.05, 4.69) is 32.3 Å². The topological polar surface area (TPSA) is 63.2 Å². The molecule has 4 rings (SSSR count). The zero-order valence-electron chi connectivity index (χ0n) is 15.4. The molecule has 2 aromatic carbocycles.